The zero-order chi connectivity index (χ0) is 13.8. The first-order chi connectivity index (χ1) is 9.06. The SMILES string of the molecule is CC(=O)N1CCN(C[C@@H](O)c2cccc(F)c2)CC1. The van der Waals surface area contributed by atoms with E-state index in [9.17, 15) is 14.3 Å². The molecule has 104 valence electrons. The lowest BCUT2D eigenvalue weighted by molar-refractivity contribution is -0.130. The maximum atomic E-state index is 13.1. The lowest BCUT2D eigenvalue weighted by atomic mass is 10.1. The Morgan fingerprint density at radius 3 is 2.63 bits per heavy atom. The first-order valence-electron chi connectivity index (χ1n) is 6.47. The summed E-state index contributed by atoms with van der Waals surface area (Å²) in [5, 5.41) is 10.1. The third kappa shape index (κ3) is 3.75. The average Bonchev–Trinajstić information content (AvgIpc) is 2.39. The second kappa shape index (κ2) is 6.12. The number of amides is 1. The number of aliphatic hydroxyl groups excluding tert-OH is 1. The van der Waals surface area contributed by atoms with Crippen LogP contribution in [0.4, 0.5) is 4.39 Å². The first-order valence-corrected chi connectivity index (χ1v) is 6.47. The van der Waals surface area contributed by atoms with Gasteiger partial charge >= 0.3 is 0 Å². The van der Waals surface area contributed by atoms with Crippen molar-refractivity contribution in [1.82, 2.24) is 9.80 Å². The summed E-state index contributed by atoms with van der Waals surface area (Å²) >= 11 is 0. The zero-order valence-corrected chi connectivity index (χ0v) is 11.1. The lowest BCUT2D eigenvalue weighted by Crippen LogP contribution is -2.48. The highest BCUT2D eigenvalue weighted by Gasteiger charge is 2.21. The molecule has 1 aliphatic heterocycles. The van der Waals surface area contributed by atoms with E-state index in [0.29, 0.717) is 25.2 Å². The molecule has 1 atom stereocenters. The minimum absolute atomic E-state index is 0.0883. The summed E-state index contributed by atoms with van der Waals surface area (Å²) in [6.07, 6.45) is -0.695. The molecule has 4 nitrogen and oxygen atoms in total. The quantitative estimate of drug-likeness (QED) is 0.888. The van der Waals surface area contributed by atoms with Gasteiger partial charge in [-0.25, -0.2) is 4.39 Å². The van der Waals surface area contributed by atoms with Crippen molar-refractivity contribution in [3.63, 3.8) is 0 Å². The smallest absolute Gasteiger partial charge is 0.219 e. The number of hydrogen-bond donors (Lipinski definition) is 1. The van der Waals surface area contributed by atoms with E-state index < -0.39 is 6.10 Å². The van der Waals surface area contributed by atoms with Crippen molar-refractivity contribution in [2.75, 3.05) is 32.7 Å². The van der Waals surface area contributed by atoms with Crippen LogP contribution in [0.1, 0.15) is 18.6 Å². The number of β-amino-alcohol motifs (C(OH)–C–C–N with tert-alkyl or cyclic N) is 1. The Hall–Kier alpha value is -1.46. The molecule has 1 aliphatic rings. The number of carbonyl (C=O) groups is 1. The van der Waals surface area contributed by atoms with E-state index in [0.717, 1.165) is 13.1 Å². The summed E-state index contributed by atoms with van der Waals surface area (Å²) in [6.45, 7) is 4.89. The van der Waals surface area contributed by atoms with Crippen LogP contribution in [0.5, 0.6) is 0 Å². The largest absolute Gasteiger partial charge is 0.387 e. The number of halogens is 1. The standard InChI is InChI=1S/C14H19FN2O2/c1-11(18)17-7-5-16(6-8-17)10-14(19)12-3-2-4-13(15)9-12/h2-4,9,14,19H,5-8,10H2,1H3/t14-/m1/s1. The van der Waals surface area contributed by atoms with Crippen molar-refractivity contribution in [3.05, 3.63) is 35.6 Å². The number of benzene rings is 1. The van der Waals surface area contributed by atoms with Crippen LogP contribution in [0.15, 0.2) is 24.3 Å². The van der Waals surface area contributed by atoms with Gasteiger partial charge in [-0.3, -0.25) is 9.69 Å². The van der Waals surface area contributed by atoms with Crippen LogP contribution in [-0.4, -0.2) is 53.5 Å². The number of piperazine rings is 1. The van der Waals surface area contributed by atoms with Crippen LogP contribution in [0.3, 0.4) is 0 Å². The molecular weight excluding hydrogens is 247 g/mol. The Morgan fingerprint density at radius 2 is 2.05 bits per heavy atom. The topological polar surface area (TPSA) is 43.8 Å². The molecule has 0 spiro atoms. The summed E-state index contributed by atoms with van der Waals surface area (Å²) in [7, 11) is 0. The molecule has 0 radical (unpaired) electrons. The van der Waals surface area contributed by atoms with Gasteiger partial charge in [-0.2, -0.15) is 0 Å². The molecule has 0 unspecified atom stereocenters. The fourth-order valence-electron chi connectivity index (χ4n) is 2.31. The van der Waals surface area contributed by atoms with E-state index >= 15 is 0 Å². The molecule has 1 N–H and O–H groups in total. The monoisotopic (exact) mass is 266 g/mol. The van der Waals surface area contributed by atoms with E-state index in [2.05, 4.69) is 4.90 Å². The first kappa shape index (κ1) is 14.0. The Labute approximate surface area is 112 Å². The van der Waals surface area contributed by atoms with Crippen LogP contribution >= 0.6 is 0 Å². The maximum Gasteiger partial charge on any atom is 0.219 e. The summed E-state index contributed by atoms with van der Waals surface area (Å²) in [4.78, 5) is 15.1. The molecule has 2 rings (SSSR count). The molecule has 1 amide bonds. The van der Waals surface area contributed by atoms with E-state index in [-0.39, 0.29) is 11.7 Å². The molecule has 5 heteroatoms. The molecule has 1 aromatic rings. The van der Waals surface area contributed by atoms with E-state index in [1.54, 1.807) is 24.0 Å². The molecule has 0 aliphatic carbocycles. The fourth-order valence-corrected chi connectivity index (χ4v) is 2.31. The molecule has 1 saturated heterocycles. The minimum atomic E-state index is -0.695. The van der Waals surface area contributed by atoms with Gasteiger partial charge in [0.05, 0.1) is 6.10 Å². The van der Waals surface area contributed by atoms with Gasteiger partial charge in [0.25, 0.3) is 0 Å². The highest BCUT2D eigenvalue weighted by Crippen LogP contribution is 2.16. The van der Waals surface area contributed by atoms with Gasteiger partial charge in [0.1, 0.15) is 5.82 Å². The van der Waals surface area contributed by atoms with Crippen molar-refractivity contribution in [2.45, 2.75) is 13.0 Å². The van der Waals surface area contributed by atoms with Crippen molar-refractivity contribution in [1.29, 1.82) is 0 Å². The van der Waals surface area contributed by atoms with Crippen molar-refractivity contribution in [3.8, 4) is 0 Å². The Morgan fingerprint density at radius 1 is 1.37 bits per heavy atom. The molecule has 19 heavy (non-hydrogen) atoms. The maximum absolute atomic E-state index is 13.1. The van der Waals surface area contributed by atoms with Gasteiger partial charge < -0.3 is 10.0 Å². The normalized spacial score (nSPS) is 18.4. The highest BCUT2D eigenvalue weighted by atomic mass is 19.1. The lowest BCUT2D eigenvalue weighted by Gasteiger charge is -2.35. The number of carbonyl (C=O) groups excluding carboxylic acids is 1. The third-order valence-electron chi connectivity index (χ3n) is 3.48. The van der Waals surface area contributed by atoms with Crippen LogP contribution < -0.4 is 0 Å². The van der Waals surface area contributed by atoms with Crippen LogP contribution in [0, 0.1) is 5.82 Å². The summed E-state index contributed by atoms with van der Waals surface area (Å²) in [6, 6.07) is 6.04. The Bertz CT molecular complexity index is 445. The molecular formula is C14H19FN2O2. The average molecular weight is 266 g/mol. The van der Waals surface area contributed by atoms with Gasteiger partial charge in [-0.1, -0.05) is 12.1 Å². The number of nitrogens with zero attached hydrogens (tertiary/aromatic N) is 2. The molecule has 0 aromatic heterocycles. The second-order valence-corrected chi connectivity index (χ2v) is 4.88. The third-order valence-corrected chi connectivity index (χ3v) is 3.48. The number of aliphatic hydroxyl groups is 1. The number of hydrogen-bond acceptors (Lipinski definition) is 3. The molecule has 0 saturated carbocycles. The predicted molar refractivity (Wildman–Crippen MR) is 70.1 cm³/mol. The van der Waals surface area contributed by atoms with E-state index in [1.165, 1.54) is 12.1 Å². The van der Waals surface area contributed by atoms with Crippen molar-refractivity contribution < 1.29 is 14.3 Å². The molecule has 1 heterocycles. The van der Waals surface area contributed by atoms with Gasteiger partial charge in [0.15, 0.2) is 0 Å². The fraction of sp³-hybridized carbons (Fsp3) is 0.500. The highest BCUT2D eigenvalue weighted by molar-refractivity contribution is 5.73. The molecule has 0 bridgehead atoms. The van der Waals surface area contributed by atoms with E-state index in [1.807, 2.05) is 0 Å². The van der Waals surface area contributed by atoms with Crippen molar-refractivity contribution >= 4 is 5.91 Å². The van der Waals surface area contributed by atoms with Gasteiger partial charge in [0, 0.05) is 39.6 Å². The van der Waals surface area contributed by atoms with Crippen LogP contribution in [0.2, 0.25) is 0 Å². The van der Waals surface area contributed by atoms with E-state index in [4.69, 9.17) is 0 Å². The molecule has 1 fully saturated rings. The van der Waals surface area contributed by atoms with Crippen LogP contribution in [-0.2, 0) is 4.79 Å². The second-order valence-electron chi connectivity index (χ2n) is 4.88. The predicted octanol–water partition coefficient (Wildman–Crippen LogP) is 1.02. The zero-order valence-electron chi connectivity index (χ0n) is 11.1. The number of rotatable bonds is 3. The molecule has 1 aromatic carbocycles. The van der Waals surface area contributed by atoms with Crippen LogP contribution in [0.25, 0.3) is 0 Å². The summed E-state index contributed by atoms with van der Waals surface area (Å²) in [5.41, 5.74) is 0.592. The minimum Gasteiger partial charge on any atom is -0.387 e. The van der Waals surface area contributed by atoms with Gasteiger partial charge in [-0.15, -0.1) is 0 Å². The van der Waals surface area contributed by atoms with Crippen molar-refractivity contribution in [2.24, 2.45) is 0 Å². The van der Waals surface area contributed by atoms with Gasteiger partial charge in [-0.05, 0) is 17.7 Å². The Balaban J connectivity index is 1.87. The van der Waals surface area contributed by atoms with Gasteiger partial charge in [0.2, 0.25) is 5.91 Å². The summed E-state index contributed by atoms with van der Waals surface area (Å²) in [5.74, 6) is -0.247. The Kier molecular flexibility index (Phi) is 4.50. The summed E-state index contributed by atoms with van der Waals surface area (Å²) < 4.78 is 13.1.